The van der Waals surface area contributed by atoms with E-state index in [1.165, 1.54) is 11.3 Å². The summed E-state index contributed by atoms with van der Waals surface area (Å²) in [5.41, 5.74) is -0.0292. The van der Waals surface area contributed by atoms with Gasteiger partial charge in [0.2, 0.25) is 5.91 Å². The Morgan fingerprint density at radius 1 is 1.33 bits per heavy atom. The van der Waals surface area contributed by atoms with Gasteiger partial charge in [0.1, 0.15) is 0 Å². The molecule has 21 heavy (non-hydrogen) atoms. The molecule has 1 rings (SSSR count). The highest BCUT2D eigenvalue weighted by Gasteiger charge is 2.18. The molecular weight excluding hydrogens is 288 g/mol. The van der Waals surface area contributed by atoms with Gasteiger partial charge in [-0.1, -0.05) is 19.9 Å². The molecule has 0 bridgehead atoms. The van der Waals surface area contributed by atoms with Crippen molar-refractivity contribution in [3.05, 3.63) is 22.4 Å². The van der Waals surface area contributed by atoms with Crippen molar-refractivity contribution < 1.29 is 14.7 Å². The molecule has 0 atom stereocenters. The molecule has 0 radical (unpaired) electrons. The molecule has 6 heteroatoms. The van der Waals surface area contributed by atoms with Crippen LogP contribution in [0.15, 0.2) is 17.5 Å². The van der Waals surface area contributed by atoms with Crippen molar-refractivity contribution in [2.45, 2.75) is 33.1 Å². The third-order valence-electron chi connectivity index (χ3n) is 3.16. The summed E-state index contributed by atoms with van der Waals surface area (Å²) in [7, 11) is 0. The molecule has 1 aromatic rings. The lowest BCUT2D eigenvalue weighted by molar-refractivity contribution is -0.121. The number of thiophene rings is 1. The second-order valence-corrected chi connectivity index (χ2v) is 6.70. The summed E-state index contributed by atoms with van der Waals surface area (Å²) in [6.45, 7) is 5.19. The second-order valence-electron chi connectivity index (χ2n) is 5.75. The molecule has 0 saturated carbocycles. The number of nitrogens with one attached hydrogen (secondary N) is 2. The van der Waals surface area contributed by atoms with Crippen LogP contribution >= 0.6 is 11.3 Å². The number of aliphatic hydroxyl groups excluding tert-OH is 1. The van der Waals surface area contributed by atoms with Crippen LogP contribution < -0.4 is 10.6 Å². The monoisotopic (exact) mass is 312 g/mol. The van der Waals surface area contributed by atoms with Gasteiger partial charge in [-0.3, -0.25) is 9.59 Å². The van der Waals surface area contributed by atoms with E-state index in [1.54, 1.807) is 6.07 Å². The molecule has 0 unspecified atom stereocenters. The van der Waals surface area contributed by atoms with Gasteiger partial charge in [0.05, 0.1) is 4.88 Å². The van der Waals surface area contributed by atoms with E-state index in [1.807, 2.05) is 11.4 Å². The van der Waals surface area contributed by atoms with Crippen molar-refractivity contribution in [1.82, 2.24) is 10.6 Å². The summed E-state index contributed by atoms with van der Waals surface area (Å²) in [5.74, 6) is -0.209. The number of rotatable bonds is 9. The lowest BCUT2D eigenvalue weighted by atomic mass is 9.88. The van der Waals surface area contributed by atoms with Gasteiger partial charge in [-0.2, -0.15) is 0 Å². The first-order valence-corrected chi connectivity index (χ1v) is 8.02. The normalized spacial score (nSPS) is 11.2. The van der Waals surface area contributed by atoms with Crippen molar-refractivity contribution in [1.29, 1.82) is 0 Å². The first kappa shape index (κ1) is 17.7. The highest BCUT2D eigenvalue weighted by Crippen LogP contribution is 2.20. The first-order chi connectivity index (χ1) is 9.94. The van der Waals surface area contributed by atoms with Crippen LogP contribution in [0, 0.1) is 5.41 Å². The SMILES string of the molecule is CC(C)(CCCO)CNC(=O)CCNC(=O)c1cccs1. The predicted molar refractivity (Wildman–Crippen MR) is 84.4 cm³/mol. The fourth-order valence-electron chi connectivity index (χ4n) is 1.86. The minimum absolute atomic E-state index is 0.0292. The lowest BCUT2D eigenvalue weighted by Gasteiger charge is -2.24. The number of amides is 2. The molecule has 0 aromatic carbocycles. The molecular formula is C15H24N2O3S. The fraction of sp³-hybridized carbons (Fsp3) is 0.600. The maximum absolute atomic E-state index is 11.7. The summed E-state index contributed by atoms with van der Waals surface area (Å²) in [5, 5.41) is 16.3. The van der Waals surface area contributed by atoms with Crippen molar-refractivity contribution >= 4 is 23.2 Å². The average molecular weight is 312 g/mol. The minimum atomic E-state index is -0.138. The molecule has 5 nitrogen and oxygen atoms in total. The third kappa shape index (κ3) is 7.24. The Morgan fingerprint density at radius 2 is 2.10 bits per heavy atom. The topological polar surface area (TPSA) is 78.4 Å². The summed E-state index contributed by atoms with van der Waals surface area (Å²) < 4.78 is 0. The van der Waals surface area contributed by atoms with Crippen LogP contribution in [0.25, 0.3) is 0 Å². The zero-order chi connectivity index (χ0) is 15.7. The van der Waals surface area contributed by atoms with Gasteiger partial charge < -0.3 is 15.7 Å². The van der Waals surface area contributed by atoms with Gasteiger partial charge in [0.25, 0.3) is 5.91 Å². The zero-order valence-corrected chi connectivity index (χ0v) is 13.5. The quantitative estimate of drug-likeness (QED) is 0.650. The summed E-state index contributed by atoms with van der Waals surface area (Å²) in [6.07, 6.45) is 1.87. The molecule has 0 aliphatic carbocycles. The summed E-state index contributed by atoms with van der Waals surface area (Å²) >= 11 is 1.38. The molecule has 2 amide bonds. The maximum atomic E-state index is 11.7. The molecule has 3 N–H and O–H groups in total. The van der Waals surface area contributed by atoms with E-state index in [-0.39, 0.29) is 30.3 Å². The highest BCUT2D eigenvalue weighted by atomic mass is 32.1. The van der Waals surface area contributed by atoms with E-state index in [2.05, 4.69) is 24.5 Å². The van der Waals surface area contributed by atoms with E-state index in [9.17, 15) is 9.59 Å². The molecule has 0 fully saturated rings. The Hall–Kier alpha value is -1.40. The van der Waals surface area contributed by atoms with Crippen LogP contribution in [0.5, 0.6) is 0 Å². The lowest BCUT2D eigenvalue weighted by Crippen LogP contribution is -2.36. The van der Waals surface area contributed by atoms with Gasteiger partial charge >= 0.3 is 0 Å². The number of carbonyl (C=O) groups excluding carboxylic acids is 2. The molecule has 1 heterocycles. The Labute approximate surface area is 129 Å². The van der Waals surface area contributed by atoms with Crippen molar-refractivity contribution in [3.63, 3.8) is 0 Å². The van der Waals surface area contributed by atoms with E-state index in [4.69, 9.17) is 5.11 Å². The van der Waals surface area contributed by atoms with Crippen molar-refractivity contribution in [3.8, 4) is 0 Å². The van der Waals surface area contributed by atoms with Crippen LogP contribution in [0.2, 0.25) is 0 Å². The van der Waals surface area contributed by atoms with Crippen LogP contribution in [-0.2, 0) is 4.79 Å². The van der Waals surface area contributed by atoms with E-state index in [0.717, 1.165) is 12.8 Å². The first-order valence-electron chi connectivity index (χ1n) is 7.14. The summed E-state index contributed by atoms with van der Waals surface area (Å²) in [6, 6.07) is 3.57. The van der Waals surface area contributed by atoms with Gasteiger partial charge in [0.15, 0.2) is 0 Å². The van der Waals surface area contributed by atoms with Gasteiger partial charge in [-0.05, 0) is 29.7 Å². The average Bonchev–Trinajstić information content (AvgIpc) is 2.97. The van der Waals surface area contributed by atoms with Crippen LogP contribution in [-0.4, -0.2) is 36.6 Å². The number of hydrogen-bond acceptors (Lipinski definition) is 4. The Balaban J connectivity index is 2.18. The van der Waals surface area contributed by atoms with Crippen molar-refractivity contribution in [2.75, 3.05) is 19.7 Å². The Morgan fingerprint density at radius 3 is 2.71 bits per heavy atom. The Bertz CT molecular complexity index is 444. The zero-order valence-electron chi connectivity index (χ0n) is 12.6. The number of aliphatic hydroxyl groups is 1. The second kappa shape index (κ2) is 8.79. The molecule has 0 spiro atoms. The predicted octanol–water partition coefficient (Wildman–Crippen LogP) is 1.78. The van der Waals surface area contributed by atoms with Crippen LogP contribution in [0.1, 0.15) is 42.8 Å². The van der Waals surface area contributed by atoms with Gasteiger partial charge in [0, 0.05) is 26.1 Å². The Kier molecular flexibility index (Phi) is 7.39. The third-order valence-corrected chi connectivity index (χ3v) is 4.03. The molecule has 0 saturated heterocycles. The van der Waals surface area contributed by atoms with E-state index < -0.39 is 0 Å². The largest absolute Gasteiger partial charge is 0.396 e. The number of carbonyl (C=O) groups is 2. The van der Waals surface area contributed by atoms with Crippen LogP contribution in [0.3, 0.4) is 0 Å². The molecule has 118 valence electrons. The van der Waals surface area contributed by atoms with Crippen molar-refractivity contribution in [2.24, 2.45) is 5.41 Å². The molecule has 1 aromatic heterocycles. The molecule has 0 aliphatic heterocycles. The maximum Gasteiger partial charge on any atom is 0.261 e. The highest BCUT2D eigenvalue weighted by molar-refractivity contribution is 7.12. The van der Waals surface area contributed by atoms with E-state index >= 15 is 0 Å². The number of hydrogen-bond donors (Lipinski definition) is 3. The minimum Gasteiger partial charge on any atom is -0.396 e. The van der Waals surface area contributed by atoms with Gasteiger partial charge in [-0.25, -0.2) is 0 Å². The van der Waals surface area contributed by atoms with Crippen LogP contribution in [0.4, 0.5) is 0 Å². The molecule has 0 aliphatic rings. The standard InChI is InChI=1S/C15H24N2O3S/c1-15(2,7-4-9-18)11-17-13(19)6-8-16-14(20)12-5-3-10-21-12/h3,5,10,18H,4,6-9,11H2,1-2H3,(H,16,20)(H,17,19). The fourth-order valence-corrected chi connectivity index (χ4v) is 2.50. The smallest absolute Gasteiger partial charge is 0.261 e. The van der Waals surface area contributed by atoms with E-state index in [0.29, 0.717) is 18.0 Å². The summed E-state index contributed by atoms with van der Waals surface area (Å²) in [4.78, 5) is 24.0. The van der Waals surface area contributed by atoms with Gasteiger partial charge in [-0.15, -0.1) is 11.3 Å².